The summed E-state index contributed by atoms with van der Waals surface area (Å²) in [6.45, 7) is 0. The van der Waals surface area contributed by atoms with Crippen LogP contribution < -0.4 is 15.2 Å². The van der Waals surface area contributed by atoms with Gasteiger partial charge in [-0.15, -0.1) is 0 Å². The summed E-state index contributed by atoms with van der Waals surface area (Å²) in [5, 5.41) is 0.808. The Balaban J connectivity index is 2.87. The van der Waals surface area contributed by atoms with E-state index in [9.17, 15) is 4.79 Å². The first-order chi connectivity index (χ1) is 8.10. The van der Waals surface area contributed by atoms with Gasteiger partial charge in [0.2, 0.25) is 0 Å². The molecule has 1 amide bonds. The molecule has 0 aliphatic heterocycles. The molecule has 2 rings (SSSR count). The van der Waals surface area contributed by atoms with Crippen LogP contribution >= 0.6 is 0 Å². The zero-order valence-electron chi connectivity index (χ0n) is 9.98. The molecule has 0 aliphatic carbocycles. The van der Waals surface area contributed by atoms with Gasteiger partial charge >= 0.3 is 0 Å². The number of amides is 1. The van der Waals surface area contributed by atoms with Crippen molar-refractivity contribution in [3.8, 4) is 11.5 Å². The Morgan fingerprint density at radius 1 is 1.24 bits per heavy atom. The lowest BCUT2D eigenvalue weighted by Gasteiger charge is -2.08. The van der Waals surface area contributed by atoms with Crippen LogP contribution in [0.5, 0.6) is 11.5 Å². The number of rotatable bonds is 3. The van der Waals surface area contributed by atoms with Crippen LogP contribution in [-0.4, -0.2) is 24.7 Å². The second-order valence-corrected chi connectivity index (χ2v) is 3.69. The Labute approximate surface area is 98.7 Å². The van der Waals surface area contributed by atoms with Crippen LogP contribution in [0.2, 0.25) is 0 Å². The fourth-order valence-electron chi connectivity index (χ4n) is 1.99. The van der Waals surface area contributed by atoms with Gasteiger partial charge in [0.05, 0.1) is 19.7 Å². The molecule has 90 valence electrons. The summed E-state index contributed by atoms with van der Waals surface area (Å²) in [6.07, 6.45) is 0. The Morgan fingerprint density at radius 3 is 2.35 bits per heavy atom. The van der Waals surface area contributed by atoms with Gasteiger partial charge in [-0.2, -0.15) is 0 Å². The summed E-state index contributed by atoms with van der Waals surface area (Å²) in [7, 11) is 4.93. The van der Waals surface area contributed by atoms with Gasteiger partial charge < -0.3 is 19.8 Å². The molecule has 1 aromatic heterocycles. The van der Waals surface area contributed by atoms with Crippen LogP contribution in [0, 0.1) is 0 Å². The number of hydrogen-bond donors (Lipinski definition) is 1. The van der Waals surface area contributed by atoms with E-state index in [1.54, 1.807) is 44.0 Å². The molecule has 17 heavy (non-hydrogen) atoms. The highest BCUT2D eigenvalue weighted by atomic mass is 16.5. The molecule has 0 spiro atoms. The zero-order valence-corrected chi connectivity index (χ0v) is 9.98. The molecule has 1 aromatic carbocycles. The van der Waals surface area contributed by atoms with E-state index in [0.29, 0.717) is 17.2 Å². The number of hydrogen-bond acceptors (Lipinski definition) is 3. The van der Waals surface area contributed by atoms with Crippen molar-refractivity contribution in [2.24, 2.45) is 12.8 Å². The summed E-state index contributed by atoms with van der Waals surface area (Å²) >= 11 is 0. The van der Waals surface area contributed by atoms with Gasteiger partial charge in [-0.25, -0.2) is 0 Å². The van der Waals surface area contributed by atoms with Crippen molar-refractivity contribution >= 4 is 16.8 Å². The van der Waals surface area contributed by atoms with Crippen molar-refractivity contribution in [1.29, 1.82) is 0 Å². The van der Waals surface area contributed by atoms with Crippen LogP contribution in [0.4, 0.5) is 0 Å². The van der Waals surface area contributed by atoms with Crippen molar-refractivity contribution < 1.29 is 14.3 Å². The molecule has 0 aliphatic rings. The van der Waals surface area contributed by atoms with Gasteiger partial charge in [0, 0.05) is 12.4 Å². The number of primary amides is 1. The van der Waals surface area contributed by atoms with Crippen LogP contribution in [0.3, 0.4) is 0 Å². The minimum Gasteiger partial charge on any atom is -0.496 e. The molecule has 0 saturated carbocycles. The molecular weight excluding hydrogens is 220 g/mol. The van der Waals surface area contributed by atoms with E-state index in [1.165, 1.54) is 0 Å². The average molecular weight is 234 g/mol. The van der Waals surface area contributed by atoms with Gasteiger partial charge in [-0.1, -0.05) is 0 Å². The van der Waals surface area contributed by atoms with E-state index >= 15 is 0 Å². The maximum Gasteiger partial charge on any atom is 0.265 e. The highest BCUT2D eigenvalue weighted by Crippen LogP contribution is 2.34. The largest absolute Gasteiger partial charge is 0.496 e. The smallest absolute Gasteiger partial charge is 0.265 e. The number of fused-ring (bicyclic) bond motifs is 1. The quantitative estimate of drug-likeness (QED) is 0.870. The van der Waals surface area contributed by atoms with Crippen LogP contribution in [0.1, 0.15) is 10.5 Å². The van der Waals surface area contributed by atoms with E-state index in [0.717, 1.165) is 10.9 Å². The lowest BCUT2D eigenvalue weighted by atomic mass is 10.2. The molecule has 5 nitrogen and oxygen atoms in total. The standard InChI is InChI=1S/C12H14N2O3/c1-14-8(12(13)15)6-7-9(16-2)4-5-10(17-3)11(7)14/h4-6H,1-3H3,(H2,13,15). The number of benzene rings is 1. The van der Waals surface area contributed by atoms with Crippen LogP contribution in [0.15, 0.2) is 18.2 Å². The first-order valence-electron chi connectivity index (χ1n) is 5.10. The lowest BCUT2D eigenvalue weighted by Crippen LogP contribution is -2.14. The first-order valence-corrected chi connectivity index (χ1v) is 5.10. The highest BCUT2D eigenvalue weighted by molar-refractivity contribution is 6.01. The van der Waals surface area contributed by atoms with Crippen molar-refractivity contribution in [2.75, 3.05) is 14.2 Å². The number of carbonyl (C=O) groups is 1. The van der Waals surface area contributed by atoms with Gasteiger partial charge in [0.1, 0.15) is 17.2 Å². The third-order valence-electron chi connectivity index (χ3n) is 2.81. The van der Waals surface area contributed by atoms with E-state index in [-0.39, 0.29) is 0 Å². The van der Waals surface area contributed by atoms with Gasteiger partial charge in [0.15, 0.2) is 0 Å². The molecule has 0 saturated heterocycles. The number of nitrogens with zero attached hydrogens (tertiary/aromatic N) is 1. The van der Waals surface area contributed by atoms with Crippen LogP contribution in [0.25, 0.3) is 10.9 Å². The highest BCUT2D eigenvalue weighted by Gasteiger charge is 2.16. The Morgan fingerprint density at radius 2 is 1.82 bits per heavy atom. The van der Waals surface area contributed by atoms with Crippen molar-refractivity contribution in [1.82, 2.24) is 4.57 Å². The third kappa shape index (κ3) is 1.60. The van der Waals surface area contributed by atoms with E-state index in [4.69, 9.17) is 15.2 Å². The predicted octanol–water partition coefficient (Wildman–Crippen LogP) is 1.29. The fraction of sp³-hybridized carbons (Fsp3) is 0.250. The summed E-state index contributed by atoms with van der Waals surface area (Å²) in [5.74, 6) is 0.882. The summed E-state index contributed by atoms with van der Waals surface area (Å²) in [5.41, 5.74) is 6.53. The molecule has 1 heterocycles. The topological polar surface area (TPSA) is 66.5 Å². The van der Waals surface area contributed by atoms with E-state index in [2.05, 4.69) is 0 Å². The number of ether oxygens (including phenoxy) is 2. The molecule has 0 atom stereocenters. The minimum atomic E-state index is -0.479. The van der Waals surface area contributed by atoms with Crippen LogP contribution in [-0.2, 0) is 7.05 Å². The van der Waals surface area contributed by atoms with Gasteiger partial charge in [-0.05, 0) is 18.2 Å². The fourth-order valence-corrected chi connectivity index (χ4v) is 1.99. The number of aromatic nitrogens is 1. The molecule has 5 heteroatoms. The molecule has 0 unspecified atom stereocenters. The molecule has 2 N–H and O–H groups in total. The molecule has 0 bridgehead atoms. The first kappa shape index (κ1) is 11.3. The molecule has 2 aromatic rings. The summed E-state index contributed by atoms with van der Waals surface area (Å²) < 4.78 is 12.2. The SMILES string of the molecule is COc1ccc(OC)c2c1cc(C(N)=O)n2C. The number of nitrogens with two attached hydrogens (primary N) is 1. The lowest BCUT2D eigenvalue weighted by molar-refractivity contribution is 0.0993. The number of methoxy groups -OCH3 is 2. The maximum absolute atomic E-state index is 11.3. The Bertz CT molecular complexity index is 587. The molecular formula is C12H14N2O3. The molecule has 0 radical (unpaired) electrons. The number of aryl methyl sites for hydroxylation is 1. The van der Waals surface area contributed by atoms with Gasteiger partial charge in [0.25, 0.3) is 5.91 Å². The van der Waals surface area contributed by atoms with Crippen molar-refractivity contribution in [2.45, 2.75) is 0 Å². The second kappa shape index (κ2) is 4.01. The maximum atomic E-state index is 11.3. The molecule has 0 fully saturated rings. The predicted molar refractivity (Wildman–Crippen MR) is 64.5 cm³/mol. The van der Waals surface area contributed by atoms with Crippen molar-refractivity contribution in [3.63, 3.8) is 0 Å². The summed E-state index contributed by atoms with van der Waals surface area (Å²) in [4.78, 5) is 11.3. The van der Waals surface area contributed by atoms with E-state index in [1.807, 2.05) is 0 Å². The van der Waals surface area contributed by atoms with Gasteiger partial charge in [-0.3, -0.25) is 4.79 Å². The van der Waals surface area contributed by atoms with Crippen molar-refractivity contribution in [3.05, 3.63) is 23.9 Å². The Hall–Kier alpha value is -2.17. The second-order valence-electron chi connectivity index (χ2n) is 3.69. The zero-order chi connectivity index (χ0) is 12.6. The summed E-state index contributed by atoms with van der Waals surface area (Å²) in [6, 6.07) is 5.30. The third-order valence-corrected chi connectivity index (χ3v) is 2.81. The normalized spacial score (nSPS) is 10.5. The number of carbonyl (C=O) groups excluding carboxylic acids is 1. The van der Waals surface area contributed by atoms with E-state index < -0.39 is 5.91 Å². The minimum absolute atomic E-state index is 0.419. The monoisotopic (exact) mass is 234 g/mol. The Kier molecular flexibility index (Phi) is 2.67. The average Bonchev–Trinajstić information content (AvgIpc) is 2.67.